The summed E-state index contributed by atoms with van der Waals surface area (Å²) in [4.78, 5) is 1.31. The fourth-order valence-electron chi connectivity index (χ4n) is 2.88. The van der Waals surface area contributed by atoms with Gasteiger partial charge in [0.15, 0.2) is 5.01 Å². The van der Waals surface area contributed by atoms with E-state index in [-0.39, 0.29) is 9.72 Å². The van der Waals surface area contributed by atoms with Crippen molar-refractivity contribution in [1.29, 1.82) is 0 Å². The van der Waals surface area contributed by atoms with Crippen molar-refractivity contribution in [3.63, 3.8) is 0 Å². The summed E-state index contributed by atoms with van der Waals surface area (Å²) >= 11 is 14.1. The first kappa shape index (κ1) is 20.1. The molecule has 0 saturated carbocycles. The van der Waals surface area contributed by atoms with Crippen LogP contribution in [0.4, 0.5) is 0 Å². The molecule has 0 saturated heterocycles. The van der Waals surface area contributed by atoms with Crippen LogP contribution in [0.15, 0.2) is 105 Å². The van der Waals surface area contributed by atoms with Gasteiger partial charge in [-0.05, 0) is 45.8 Å². The molecule has 3 aliphatic heterocycles. The molecule has 0 fully saturated rings. The van der Waals surface area contributed by atoms with Gasteiger partial charge in [-0.15, -0.1) is 23.4 Å². The SMILES string of the molecule is BrC1C=C2C=CC=C2O1.ClC1C=C2C=CC=C2S1.IC1C=C2C=CC=C2[Se]1. The third-order valence-electron chi connectivity index (χ3n) is 4.07. The molecule has 3 heterocycles. The van der Waals surface area contributed by atoms with Crippen molar-refractivity contribution >= 4 is 76.8 Å². The monoisotopic (exact) mass is 636 g/mol. The van der Waals surface area contributed by atoms with Crippen molar-refractivity contribution in [2.75, 3.05) is 0 Å². The number of thioether (sulfide) groups is 1. The van der Waals surface area contributed by atoms with Gasteiger partial charge < -0.3 is 4.74 Å². The van der Waals surface area contributed by atoms with Gasteiger partial charge in [-0.25, -0.2) is 0 Å². The van der Waals surface area contributed by atoms with Crippen LogP contribution < -0.4 is 0 Å². The van der Waals surface area contributed by atoms with E-state index >= 15 is 0 Å². The number of rotatable bonds is 0. The molecule has 0 aromatic carbocycles. The normalized spacial score (nSPS) is 29.8. The number of halogens is 3. The molecule has 6 rings (SSSR count). The molecule has 0 spiro atoms. The van der Waals surface area contributed by atoms with E-state index in [1.54, 1.807) is 16.2 Å². The molecular weight excluding hydrogens is 622 g/mol. The number of fused-ring (bicyclic) bond motifs is 3. The number of hydrogen-bond donors (Lipinski definition) is 0. The van der Waals surface area contributed by atoms with Crippen molar-refractivity contribution in [3.8, 4) is 0 Å². The van der Waals surface area contributed by atoms with Crippen LogP contribution in [-0.4, -0.2) is 27.5 Å². The summed E-state index contributed by atoms with van der Waals surface area (Å²) in [5, 5.41) is 0.0868. The second-order valence-electron chi connectivity index (χ2n) is 5.94. The average molecular weight is 637 g/mol. The van der Waals surface area contributed by atoms with Gasteiger partial charge in [0, 0.05) is 10.5 Å². The van der Waals surface area contributed by atoms with Gasteiger partial charge in [-0.2, -0.15) is 0 Å². The number of alkyl halides is 3. The number of allylic oxidation sites excluding steroid dienone is 13. The van der Waals surface area contributed by atoms with Crippen LogP contribution in [0.3, 0.4) is 0 Å². The Morgan fingerprint density at radius 1 is 0.963 bits per heavy atom. The topological polar surface area (TPSA) is 9.23 Å². The van der Waals surface area contributed by atoms with Gasteiger partial charge in [0.05, 0.1) is 0 Å². The maximum absolute atomic E-state index is 5.83. The Morgan fingerprint density at radius 3 is 2.48 bits per heavy atom. The Bertz CT molecular complexity index is 804. The van der Waals surface area contributed by atoms with Crippen molar-refractivity contribution in [3.05, 3.63) is 105 Å². The van der Waals surface area contributed by atoms with Crippen molar-refractivity contribution in [2.24, 2.45) is 0 Å². The minimum atomic E-state index is 0.0868. The molecule has 0 amide bonds. The molecule has 3 unspecified atom stereocenters. The number of hydrogen-bond acceptors (Lipinski definition) is 2. The van der Waals surface area contributed by atoms with Crippen LogP contribution in [0.1, 0.15) is 0 Å². The molecule has 0 N–H and O–H groups in total. The van der Waals surface area contributed by atoms with Crippen LogP contribution in [0.25, 0.3) is 0 Å². The molecule has 6 aliphatic rings. The second-order valence-corrected chi connectivity index (χ2v) is 14.5. The molecule has 1 nitrogen and oxygen atoms in total. The minimum absolute atomic E-state index is 0.0868. The van der Waals surface area contributed by atoms with Gasteiger partial charge >= 0.3 is 74.7 Å². The van der Waals surface area contributed by atoms with Gasteiger partial charge in [0.1, 0.15) is 10.5 Å². The maximum atomic E-state index is 5.83. The molecule has 0 aromatic rings. The van der Waals surface area contributed by atoms with E-state index in [0.29, 0.717) is 0 Å². The predicted molar refractivity (Wildman–Crippen MR) is 131 cm³/mol. The Kier molecular flexibility index (Phi) is 6.78. The fraction of sp³-hybridized carbons (Fsp3) is 0.143. The predicted octanol–water partition coefficient (Wildman–Crippen LogP) is 6.64. The molecular formula is C21H15BrClIOSSe. The van der Waals surface area contributed by atoms with Crippen LogP contribution in [-0.2, 0) is 4.74 Å². The number of ether oxygens (including phenoxy) is 1. The zero-order chi connectivity index (χ0) is 18.8. The summed E-state index contributed by atoms with van der Waals surface area (Å²) in [7, 11) is 0. The third-order valence-corrected chi connectivity index (χ3v) is 9.66. The molecule has 3 aliphatic carbocycles. The summed E-state index contributed by atoms with van der Waals surface area (Å²) in [6.07, 6.45) is 25.3. The van der Waals surface area contributed by atoms with Gasteiger partial charge in [-0.3, -0.25) is 0 Å². The van der Waals surface area contributed by atoms with Crippen LogP contribution in [0.5, 0.6) is 0 Å². The molecule has 27 heavy (non-hydrogen) atoms. The van der Waals surface area contributed by atoms with Gasteiger partial charge in [0.2, 0.25) is 0 Å². The van der Waals surface area contributed by atoms with Crippen LogP contribution in [0, 0.1) is 0 Å². The van der Waals surface area contributed by atoms with Crippen LogP contribution >= 0.6 is 61.9 Å². The van der Waals surface area contributed by atoms with Gasteiger partial charge in [0.25, 0.3) is 0 Å². The van der Waals surface area contributed by atoms with E-state index < -0.39 is 0 Å². The summed E-state index contributed by atoms with van der Waals surface area (Å²) in [5.41, 5.74) is 3.96. The van der Waals surface area contributed by atoms with E-state index in [2.05, 4.69) is 87.1 Å². The van der Waals surface area contributed by atoms with Crippen LogP contribution in [0.2, 0.25) is 0 Å². The molecule has 3 atom stereocenters. The zero-order valence-electron chi connectivity index (χ0n) is 14.0. The molecule has 138 valence electrons. The Morgan fingerprint density at radius 2 is 1.70 bits per heavy atom. The van der Waals surface area contributed by atoms with E-state index in [1.807, 2.05) is 24.3 Å². The summed E-state index contributed by atoms with van der Waals surface area (Å²) < 4.78 is 7.86. The van der Waals surface area contributed by atoms with E-state index in [4.69, 9.17) is 16.3 Å². The first-order valence-electron chi connectivity index (χ1n) is 8.32. The average Bonchev–Trinajstić information content (AvgIpc) is 3.35. The summed E-state index contributed by atoms with van der Waals surface area (Å²) in [5.74, 6) is 0.983. The first-order valence-corrected chi connectivity index (χ1v) is 13.6. The quantitative estimate of drug-likeness (QED) is 0.168. The molecule has 0 radical (unpaired) electrons. The van der Waals surface area contributed by atoms with Crippen molar-refractivity contribution in [2.45, 2.75) is 12.5 Å². The first-order chi connectivity index (χ1) is 13.1. The van der Waals surface area contributed by atoms with Gasteiger partial charge in [-0.1, -0.05) is 24.3 Å². The van der Waals surface area contributed by atoms with E-state index in [1.165, 1.54) is 21.6 Å². The standard InChI is InChI=1S/C7H5BrO.C7H5ClS.C7H5ISe/c3*8-7-4-5-2-1-3-6(5)9-7/h3*1-4,7H. The Hall–Kier alpha value is -0.171. The third kappa shape index (κ3) is 5.06. The zero-order valence-corrected chi connectivity index (χ0v) is 21.0. The molecule has 0 bridgehead atoms. The second kappa shape index (κ2) is 9.10. The Labute approximate surface area is 197 Å². The van der Waals surface area contributed by atoms with E-state index in [9.17, 15) is 0 Å². The fourth-order valence-corrected chi connectivity index (χ4v) is 8.34. The van der Waals surface area contributed by atoms with Crippen molar-refractivity contribution < 1.29 is 4.74 Å². The molecule has 0 aromatic heterocycles. The Balaban J connectivity index is 0.0000001000. The summed E-state index contributed by atoms with van der Waals surface area (Å²) in [6, 6.07) is 0. The van der Waals surface area contributed by atoms with Crippen molar-refractivity contribution in [1.82, 2.24) is 0 Å². The molecule has 6 heteroatoms. The van der Waals surface area contributed by atoms with E-state index in [0.717, 1.165) is 23.5 Å². The summed E-state index contributed by atoms with van der Waals surface area (Å²) in [6.45, 7) is 0.